The smallest absolute Gasteiger partial charge is 0.102 e. The molecule has 5 heteroatoms. The summed E-state index contributed by atoms with van der Waals surface area (Å²) in [7, 11) is 0. The first kappa shape index (κ1) is 18.1. The molecule has 0 saturated carbocycles. The predicted octanol–water partition coefficient (Wildman–Crippen LogP) is 6.48. The van der Waals surface area contributed by atoms with Crippen LogP contribution in [0.15, 0.2) is 85.2 Å². The zero-order valence-corrected chi connectivity index (χ0v) is 16.6. The second-order valence-electron chi connectivity index (χ2n) is 6.86. The number of nitrogens with one attached hydrogen (secondary N) is 1. The van der Waals surface area contributed by atoms with Gasteiger partial charge in [-0.25, -0.2) is 4.98 Å². The van der Waals surface area contributed by atoms with Crippen LogP contribution in [0.4, 0.5) is 0 Å². The fourth-order valence-electron chi connectivity index (χ4n) is 3.62. The highest BCUT2D eigenvalue weighted by atomic mass is 35.5. The van der Waals surface area contributed by atoms with E-state index in [2.05, 4.69) is 16.0 Å². The van der Waals surface area contributed by atoms with Crippen LogP contribution < -0.4 is 0 Å². The Morgan fingerprint density at radius 1 is 0.867 bits per heavy atom. The Balaban J connectivity index is 1.84. The Morgan fingerprint density at radius 2 is 1.67 bits per heavy atom. The van der Waals surface area contributed by atoms with Gasteiger partial charge >= 0.3 is 0 Å². The van der Waals surface area contributed by atoms with Crippen LogP contribution in [-0.4, -0.2) is 15.0 Å². The van der Waals surface area contributed by atoms with Crippen molar-refractivity contribution >= 4 is 22.5 Å². The normalized spacial score (nSPS) is 10.8. The van der Waals surface area contributed by atoms with Gasteiger partial charge in [0.2, 0.25) is 0 Å². The van der Waals surface area contributed by atoms with Crippen molar-refractivity contribution in [1.29, 1.82) is 5.26 Å². The number of para-hydroxylation sites is 1. The van der Waals surface area contributed by atoms with E-state index in [4.69, 9.17) is 16.6 Å². The lowest BCUT2D eigenvalue weighted by Crippen LogP contribution is -1.97. The fourth-order valence-corrected chi connectivity index (χ4v) is 3.75. The van der Waals surface area contributed by atoms with Crippen molar-refractivity contribution in [2.75, 3.05) is 0 Å². The number of hydrogen-bond acceptors (Lipinski definition) is 3. The van der Waals surface area contributed by atoms with Crippen LogP contribution in [0.3, 0.4) is 0 Å². The van der Waals surface area contributed by atoms with Gasteiger partial charge < -0.3 is 4.98 Å². The number of halogens is 1. The number of aromatic amines is 1. The van der Waals surface area contributed by atoms with Crippen molar-refractivity contribution in [3.05, 3.63) is 95.8 Å². The molecule has 0 amide bonds. The van der Waals surface area contributed by atoms with E-state index in [1.807, 2.05) is 79.0 Å². The molecule has 0 bridgehead atoms. The van der Waals surface area contributed by atoms with Gasteiger partial charge in [-0.2, -0.15) is 5.26 Å². The molecule has 0 fully saturated rings. The molecule has 5 rings (SSSR count). The minimum Gasteiger partial charge on any atom is -0.360 e. The second kappa shape index (κ2) is 7.47. The van der Waals surface area contributed by atoms with Crippen LogP contribution in [0, 0.1) is 11.3 Å². The molecule has 1 N–H and O–H groups in total. The highest BCUT2D eigenvalue weighted by molar-refractivity contribution is 6.30. The average Bonchev–Trinajstić information content (AvgIpc) is 3.23. The predicted molar refractivity (Wildman–Crippen MR) is 120 cm³/mol. The summed E-state index contributed by atoms with van der Waals surface area (Å²) >= 11 is 6.09. The lowest BCUT2D eigenvalue weighted by Gasteiger charge is -2.12. The number of pyridine rings is 2. The Labute approximate surface area is 178 Å². The van der Waals surface area contributed by atoms with E-state index < -0.39 is 0 Å². The highest BCUT2D eigenvalue weighted by Crippen LogP contribution is 2.37. The molecule has 142 valence electrons. The van der Waals surface area contributed by atoms with Crippen LogP contribution in [0.2, 0.25) is 5.02 Å². The maximum atomic E-state index is 10.1. The largest absolute Gasteiger partial charge is 0.360 e. The van der Waals surface area contributed by atoms with Gasteiger partial charge in [-0.15, -0.1) is 0 Å². The first-order valence-corrected chi connectivity index (χ1v) is 9.81. The van der Waals surface area contributed by atoms with Gasteiger partial charge in [0.05, 0.1) is 22.6 Å². The maximum absolute atomic E-state index is 10.1. The summed E-state index contributed by atoms with van der Waals surface area (Å²) in [4.78, 5) is 12.6. The topological polar surface area (TPSA) is 65.4 Å². The van der Waals surface area contributed by atoms with Crippen molar-refractivity contribution in [3.63, 3.8) is 0 Å². The Morgan fingerprint density at radius 3 is 2.43 bits per heavy atom. The molecule has 4 nitrogen and oxygen atoms in total. The minimum atomic E-state index is 0.516. The summed E-state index contributed by atoms with van der Waals surface area (Å²) in [5, 5.41) is 11.8. The maximum Gasteiger partial charge on any atom is 0.102 e. The first-order valence-electron chi connectivity index (χ1n) is 9.43. The molecule has 0 unspecified atom stereocenters. The van der Waals surface area contributed by atoms with Crippen molar-refractivity contribution in [2.45, 2.75) is 0 Å². The van der Waals surface area contributed by atoms with Gasteiger partial charge in [-0.05, 0) is 42.0 Å². The minimum absolute atomic E-state index is 0.516. The molecule has 0 spiro atoms. The third-order valence-electron chi connectivity index (χ3n) is 5.06. The Kier molecular flexibility index (Phi) is 4.51. The Hall–Kier alpha value is -3.94. The van der Waals surface area contributed by atoms with E-state index in [1.54, 1.807) is 6.20 Å². The van der Waals surface area contributed by atoms with Crippen molar-refractivity contribution in [3.8, 4) is 39.8 Å². The average molecular weight is 407 g/mol. The van der Waals surface area contributed by atoms with Gasteiger partial charge in [0.15, 0.2) is 0 Å². The molecule has 3 heterocycles. The number of benzene rings is 2. The molecular formula is C25H15ClN4. The van der Waals surface area contributed by atoms with E-state index in [1.165, 1.54) is 0 Å². The third kappa shape index (κ3) is 3.12. The number of fused-ring (bicyclic) bond motifs is 1. The van der Waals surface area contributed by atoms with Crippen molar-refractivity contribution in [2.24, 2.45) is 0 Å². The van der Waals surface area contributed by atoms with Crippen molar-refractivity contribution < 1.29 is 0 Å². The van der Waals surface area contributed by atoms with Crippen LogP contribution in [0.25, 0.3) is 44.7 Å². The van der Waals surface area contributed by atoms with Gasteiger partial charge in [0, 0.05) is 39.4 Å². The van der Waals surface area contributed by atoms with E-state index in [0.717, 1.165) is 33.3 Å². The first-order chi connectivity index (χ1) is 14.7. The molecule has 3 aromatic heterocycles. The van der Waals surface area contributed by atoms with Gasteiger partial charge in [0.25, 0.3) is 0 Å². The number of H-pyrrole nitrogens is 1. The summed E-state index contributed by atoms with van der Waals surface area (Å²) in [6, 6.07) is 25.5. The second-order valence-corrected chi connectivity index (χ2v) is 7.30. The molecule has 2 aromatic carbocycles. The van der Waals surface area contributed by atoms with Crippen LogP contribution in [0.1, 0.15) is 5.56 Å². The molecule has 0 radical (unpaired) electrons. The Bertz CT molecular complexity index is 1400. The fraction of sp³-hybridized carbons (Fsp3) is 0. The molecule has 0 saturated heterocycles. The molecular weight excluding hydrogens is 392 g/mol. The number of hydrogen-bond donors (Lipinski definition) is 1. The van der Waals surface area contributed by atoms with Gasteiger partial charge in [-0.3, -0.25) is 4.98 Å². The summed E-state index contributed by atoms with van der Waals surface area (Å²) in [6.07, 6.45) is 3.64. The standard InChI is InChI=1S/C25H15ClN4/c26-17-10-8-16(9-11-17)19-13-24(23-7-3-4-12-28-23)30-25(20(19)14-27)21-15-29-22-6-2-1-5-18(21)22/h1-13,15,29H. The number of aromatic nitrogens is 3. The SMILES string of the molecule is N#Cc1c(-c2ccc(Cl)cc2)cc(-c2ccccn2)nc1-c1c[nH]c2ccccc12. The summed E-state index contributed by atoms with van der Waals surface area (Å²) in [5.74, 6) is 0. The van der Waals surface area contributed by atoms with E-state index in [0.29, 0.717) is 22.0 Å². The van der Waals surface area contributed by atoms with Gasteiger partial charge in [0.1, 0.15) is 6.07 Å². The summed E-state index contributed by atoms with van der Waals surface area (Å²) in [5.41, 5.74) is 6.18. The van der Waals surface area contributed by atoms with Crippen LogP contribution in [0.5, 0.6) is 0 Å². The molecule has 5 aromatic rings. The lowest BCUT2D eigenvalue weighted by atomic mass is 9.95. The highest BCUT2D eigenvalue weighted by Gasteiger charge is 2.19. The number of rotatable bonds is 3. The van der Waals surface area contributed by atoms with Gasteiger partial charge in [-0.1, -0.05) is 48.0 Å². The number of nitriles is 1. The van der Waals surface area contributed by atoms with Crippen LogP contribution in [-0.2, 0) is 0 Å². The molecule has 0 aliphatic heterocycles. The quantitative estimate of drug-likeness (QED) is 0.372. The van der Waals surface area contributed by atoms with Crippen molar-refractivity contribution in [1.82, 2.24) is 15.0 Å². The molecule has 30 heavy (non-hydrogen) atoms. The molecule has 0 atom stereocenters. The zero-order chi connectivity index (χ0) is 20.5. The van der Waals surface area contributed by atoms with E-state index in [-0.39, 0.29) is 0 Å². The van der Waals surface area contributed by atoms with E-state index >= 15 is 0 Å². The third-order valence-corrected chi connectivity index (χ3v) is 5.31. The zero-order valence-electron chi connectivity index (χ0n) is 15.8. The number of nitrogens with zero attached hydrogens (tertiary/aromatic N) is 3. The summed E-state index contributed by atoms with van der Waals surface area (Å²) in [6.45, 7) is 0. The lowest BCUT2D eigenvalue weighted by molar-refractivity contribution is 1.24. The molecule has 0 aliphatic rings. The van der Waals surface area contributed by atoms with E-state index in [9.17, 15) is 5.26 Å². The molecule has 0 aliphatic carbocycles. The summed E-state index contributed by atoms with van der Waals surface area (Å²) < 4.78 is 0. The van der Waals surface area contributed by atoms with Crippen LogP contribution >= 0.6 is 11.6 Å². The monoisotopic (exact) mass is 406 g/mol.